The zero-order valence-corrected chi connectivity index (χ0v) is 15.8. The third-order valence-corrected chi connectivity index (χ3v) is 4.15. The molecule has 1 amide bonds. The molecule has 2 aromatic rings. The van der Waals surface area contributed by atoms with E-state index in [-0.39, 0.29) is 12.5 Å². The first-order valence-corrected chi connectivity index (χ1v) is 8.64. The molecule has 0 saturated heterocycles. The largest absolute Gasteiger partial charge is 0.493 e. The molecule has 26 heavy (non-hydrogen) atoms. The molecule has 1 heterocycles. The zero-order valence-electron chi connectivity index (χ0n) is 15.8. The number of carbonyl (C=O) groups is 2. The molecular formula is C20H26N2O4. The molecule has 0 unspecified atom stereocenters. The van der Waals surface area contributed by atoms with Gasteiger partial charge in [0.2, 0.25) is 0 Å². The molecule has 1 aromatic carbocycles. The van der Waals surface area contributed by atoms with Crippen LogP contribution in [0.1, 0.15) is 33.6 Å². The van der Waals surface area contributed by atoms with Gasteiger partial charge in [0.25, 0.3) is 5.91 Å². The van der Waals surface area contributed by atoms with E-state index in [1.165, 1.54) is 5.56 Å². The Morgan fingerprint density at radius 2 is 1.96 bits per heavy atom. The van der Waals surface area contributed by atoms with Gasteiger partial charge in [0.05, 0.1) is 6.61 Å². The van der Waals surface area contributed by atoms with E-state index in [0.29, 0.717) is 25.3 Å². The van der Waals surface area contributed by atoms with Crippen LogP contribution in [0.2, 0.25) is 0 Å². The van der Waals surface area contributed by atoms with Crippen LogP contribution >= 0.6 is 0 Å². The third-order valence-electron chi connectivity index (χ3n) is 4.15. The van der Waals surface area contributed by atoms with Gasteiger partial charge in [-0.3, -0.25) is 4.79 Å². The summed E-state index contributed by atoms with van der Waals surface area (Å²) in [5.74, 6) is 0.0433. The minimum Gasteiger partial charge on any atom is -0.493 e. The summed E-state index contributed by atoms with van der Waals surface area (Å²) in [4.78, 5) is 23.6. The normalized spacial score (nSPS) is 10.5. The maximum absolute atomic E-state index is 11.8. The fourth-order valence-corrected chi connectivity index (χ4v) is 2.56. The van der Waals surface area contributed by atoms with E-state index in [1.54, 1.807) is 29.9 Å². The highest BCUT2D eigenvalue weighted by Gasteiger charge is 2.12. The molecule has 1 N–H and O–H groups in total. The van der Waals surface area contributed by atoms with Crippen LogP contribution in [0.4, 0.5) is 0 Å². The average Bonchev–Trinajstić information content (AvgIpc) is 3.02. The van der Waals surface area contributed by atoms with E-state index >= 15 is 0 Å². The Kier molecular flexibility index (Phi) is 6.83. The highest BCUT2D eigenvalue weighted by molar-refractivity contribution is 5.89. The van der Waals surface area contributed by atoms with Crippen LogP contribution in [0.15, 0.2) is 30.5 Å². The Morgan fingerprint density at radius 3 is 2.65 bits per heavy atom. The summed E-state index contributed by atoms with van der Waals surface area (Å²) < 4.78 is 12.4. The SMILES string of the molecule is Cc1cc(C)c(C)c(OCCCNC(=O)COC(=O)c2cccn2C)c1. The molecule has 2 rings (SSSR count). The topological polar surface area (TPSA) is 69.6 Å². The van der Waals surface area contributed by atoms with E-state index in [4.69, 9.17) is 9.47 Å². The average molecular weight is 358 g/mol. The molecule has 0 aliphatic heterocycles. The van der Waals surface area contributed by atoms with Crippen molar-refractivity contribution in [1.29, 1.82) is 0 Å². The first-order valence-electron chi connectivity index (χ1n) is 8.64. The molecule has 0 radical (unpaired) electrons. The summed E-state index contributed by atoms with van der Waals surface area (Å²) in [6.07, 6.45) is 2.41. The second-order valence-corrected chi connectivity index (χ2v) is 6.34. The molecule has 0 aliphatic rings. The number of aromatic nitrogens is 1. The van der Waals surface area contributed by atoms with Gasteiger partial charge in [-0.05, 0) is 62.1 Å². The van der Waals surface area contributed by atoms with Crippen LogP contribution < -0.4 is 10.1 Å². The van der Waals surface area contributed by atoms with Crippen molar-refractivity contribution in [3.05, 3.63) is 52.8 Å². The summed E-state index contributed by atoms with van der Waals surface area (Å²) >= 11 is 0. The number of ether oxygens (including phenoxy) is 2. The van der Waals surface area contributed by atoms with Gasteiger partial charge in [0, 0.05) is 19.8 Å². The number of nitrogens with one attached hydrogen (secondary N) is 1. The molecule has 6 heteroatoms. The van der Waals surface area contributed by atoms with Gasteiger partial charge in [-0.15, -0.1) is 0 Å². The molecule has 0 saturated carbocycles. The van der Waals surface area contributed by atoms with Crippen molar-refractivity contribution in [3.63, 3.8) is 0 Å². The third kappa shape index (κ3) is 5.37. The second kappa shape index (κ2) is 9.08. The predicted octanol–water partition coefficient (Wildman–Crippen LogP) is 2.69. The highest BCUT2D eigenvalue weighted by atomic mass is 16.5. The number of hydrogen-bond acceptors (Lipinski definition) is 4. The lowest BCUT2D eigenvalue weighted by Crippen LogP contribution is -2.30. The molecule has 0 fully saturated rings. The summed E-state index contributed by atoms with van der Waals surface area (Å²) in [5, 5.41) is 2.72. The lowest BCUT2D eigenvalue weighted by molar-refractivity contribution is -0.124. The van der Waals surface area contributed by atoms with Crippen LogP contribution in [0, 0.1) is 20.8 Å². The Bertz CT molecular complexity index is 780. The minimum absolute atomic E-state index is 0.291. The summed E-state index contributed by atoms with van der Waals surface area (Å²) in [7, 11) is 1.74. The number of rotatable bonds is 8. The van der Waals surface area contributed by atoms with Crippen LogP contribution in [0.5, 0.6) is 5.75 Å². The molecule has 1 aromatic heterocycles. The number of nitrogens with zero attached hydrogens (tertiary/aromatic N) is 1. The maximum Gasteiger partial charge on any atom is 0.355 e. The van der Waals surface area contributed by atoms with E-state index in [0.717, 1.165) is 16.9 Å². The Balaban J connectivity index is 1.65. The van der Waals surface area contributed by atoms with Gasteiger partial charge in [-0.2, -0.15) is 0 Å². The Labute approximate surface area is 154 Å². The summed E-state index contributed by atoms with van der Waals surface area (Å²) in [6, 6.07) is 7.53. The van der Waals surface area contributed by atoms with Crippen molar-refractivity contribution >= 4 is 11.9 Å². The fraction of sp³-hybridized carbons (Fsp3) is 0.400. The fourth-order valence-electron chi connectivity index (χ4n) is 2.56. The molecule has 0 aliphatic carbocycles. The van der Waals surface area contributed by atoms with Gasteiger partial charge < -0.3 is 19.4 Å². The van der Waals surface area contributed by atoms with Gasteiger partial charge in [0.1, 0.15) is 11.4 Å². The van der Waals surface area contributed by atoms with Crippen molar-refractivity contribution < 1.29 is 19.1 Å². The van der Waals surface area contributed by atoms with Gasteiger partial charge in [0.15, 0.2) is 6.61 Å². The Hall–Kier alpha value is -2.76. The van der Waals surface area contributed by atoms with Crippen LogP contribution in [0.25, 0.3) is 0 Å². The van der Waals surface area contributed by atoms with Crippen LogP contribution in [0.3, 0.4) is 0 Å². The molecular weight excluding hydrogens is 332 g/mol. The van der Waals surface area contributed by atoms with Crippen molar-refractivity contribution in [2.24, 2.45) is 7.05 Å². The number of aryl methyl sites for hydroxylation is 3. The van der Waals surface area contributed by atoms with E-state index in [9.17, 15) is 9.59 Å². The molecule has 0 atom stereocenters. The van der Waals surface area contributed by atoms with Crippen LogP contribution in [-0.2, 0) is 16.6 Å². The number of esters is 1. The van der Waals surface area contributed by atoms with Crippen molar-refractivity contribution in [2.75, 3.05) is 19.8 Å². The quantitative estimate of drug-likeness (QED) is 0.582. The van der Waals surface area contributed by atoms with Crippen molar-refractivity contribution in [1.82, 2.24) is 9.88 Å². The molecule has 6 nitrogen and oxygen atoms in total. The summed E-state index contributed by atoms with van der Waals surface area (Å²) in [5.41, 5.74) is 3.91. The lowest BCUT2D eigenvalue weighted by atomic mass is 10.1. The maximum atomic E-state index is 11.8. The first kappa shape index (κ1) is 19.6. The number of benzene rings is 1. The van der Waals surface area contributed by atoms with E-state index in [2.05, 4.69) is 18.3 Å². The number of amides is 1. The smallest absolute Gasteiger partial charge is 0.355 e. The van der Waals surface area contributed by atoms with Crippen LogP contribution in [-0.4, -0.2) is 36.2 Å². The predicted molar refractivity (Wildman–Crippen MR) is 99.5 cm³/mol. The van der Waals surface area contributed by atoms with Crippen molar-refractivity contribution in [2.45, 2.75) is 27.2 Å². The van der Waals surface area contributed by atoms with Gasteiger partial charge in [-0.1, -0.05) is 6.07 Å². The monoisotopic (exact) mass is 358 g/mol. The molecule has 140 valence electrons. The standard InChI is InChI=1S/C20H26N2O4/c1-14-11-15(2)16(3)18(12-14)25-10-6-8-21-19(23)13-26-20(24)17-7-5-9-22(17)4/h5,7,9,11-12H,6,8,10,13H2,1-4H3,(H,21,23). The number of hydrogen-bond donors (Lipinski definition) is 1. The Morgan fingerprint density at radius 1 is 1.19 bits per heavy atom. The lowest BCUT2D eigenvalue weighted by Gasteiger charge is -2.12. The van der Waals surface area contributed by atoms with E-state index < -0.39 is 5.97 Å². The van der Waals surface area contributed by atoms with E-state index in [1.807, 2.05) is 19.9 Å². The summed E-state index contributed by atoms with van der Waals surface area (Å²) in [6.45, 7) is 6.81. The second-order valence-electron chi connectivity index (χ2n) is 6.34. The van der Waals surface area contributed by atoms with Gasteiger partial charge >= 0.3 is 5.97 Å². The highest BCUT2D eigenvalue weighted by Crippen LogP contribution is 2.23. The zero-order chi connectivity index (χ0) is 19.1. The van der Waals surface area contributed by atoms with Crippen molar-refractivity contribution in [3.8, 4) is 5.75 Å². The first-order chi connectivity index (χ1) is 12.4. The molecule has 0 bridgehead atoms. The van der Waals surface area contributed by atoms with Gasteiger partial charge in [-0.25, -0.2) is 4.79 Å². The molecule has 0 spiro atoms. The number of carbonyl (C=O) groups excluding carboxylic acids is 2. The minimum atomic E-state index is -0.513.